The number of hydrogen-bond donors (Lipinski definition) is 1. The Bertz CT molecular complexity index is 1010. The average Bonchev–Trinajstić information content (AvgIpc) is 2.72. The first-order valence-corrected chi connectivity index (χ1v) is 11.4. The Morgan fingerprint density at radius 3 is 2.69 bits per heavy atom. The van der Waals surface area contributed by atoms with E-state index < -0.39 is 10.0 Å². The van der Waals surface area contributed by atoms with Gasteiger partial charge in [0.15, 0.2) is 0 Å². The molecule has 1 aliphatic rings. The van der Waals surface area contributed by atoms with Gasteiger partial charge in [-0.2, -0.15) is 0 Å². The number of nitrogens with one attached hydrogen (secondary N) is 1. The molecule has 0 aliphatic carbocycles. The van der Waals surface area contributed by atoms with E-state index in [-0.39, 0.29) is 24.0 Å². The Morgan fingerprint density at radius 2 is 1.97 bits per heavy atom. The van der Waals surface area contributed by atoms with Crippen molar-refractivity contribution in [1.82, 2.24) is 9.62 Å². The Labute approximate surface area is 179 Å². The topological polar surface area (TPSA) is 84.9 Å². The largest absolute Gasteiger partial charge is 0.497 e. The summed E-state index contributed by atoms with van der Waals surface area (Å²) < 4.78 is 38.1. The van der Waals surface area contributed by atoms with Gasteiger partial charge in [0, 0.05) is 31.2 Å². The van der Waals surface area contributed by atoms with Crippen LogP contribution in [0.3, 0.4) is 0 Å². The van der Waals surface area contributed by atoms with Gasteiger partial charge in [-0.25, -0.2) is 13.1 Å². The maximum Gasteiger partial charge on any atom is 0.255 e. The van der Waals surface area contributed by atoms with Gasteiger partial charge in [0.1, 0.15) is 5.75 Å². The fraction of sp³-hybridized carbons (Fsp3) is 0.350. The highest BCUT2D eigenvalue weighted by Crippen LogP contribution is 2.27. The van der Waals surface area contributed by atoms with E-state index in [4.69, 9.17) is 9.47 Å². The Kier molecular flexibility index (Phi) is 6.94. The summed E-state index contributed by atoms with van der Waals surface area (Å²) in [7, 11) is -0.626. The van der Waals surface area contributed by atoms with Gasteiger partial charge < -0.3 is 14.4 Å². The molecule has 0 saturated carbocycles. The number of nitrogens with zero attached hydrogens (tertiary/aromatic N) is 1. The third-order valence-electron chi connectivity index (χ3n) is 4.79. The van der Waals surface area contributed by atoms with Gasteiger partial charge >= 0.3 is 0 Å². The quantitative estimate of drug-likeness (QED) is 0.613. The number of hydrogen-bond acceptors (Lipinski definition) is 5. The lowest BCUT2D eigenvalue weighted by Crippen LogP contribution is -2.36. The number of methoxy groups -OCH3 is 2. The van der Waals surface area contributed by atoms with Gasteiger partial charge in [0.2, 0.25) is 10.0 Å². The molecule has 1 aliphatic heterocycles. The van der Waals surface area contributed by atoms with Crippen LogP contribution in [0.2, 0.25) is 0 Å². The summed E-state index contributed by atoms with van der Waals surface area (Å²) >= 11 is 3.38. The molecule has 1 amide bonds. The predicted molar refractivity (Wildman–Crippen MR) is 113 cm³/mol. The van der Waals surface area contributed by atoms with E-state index in [0.29, 0.717) is 23.1 Å². The molecule has 0 fully saturated rings. The molecule has 0 saturated heterocycles. The van der Waals surface area contributed by atoms with E-state index >= 15 is 0 Å². The van der Waals surface area contributed by atoms with Gasteiger partial charge in [-0.15, -0.1) is 0 Å². The fourth-order valence-corrected chi connectivity index (χ4v) is 4.66. The highest BCUT2D eigenvalue weighted by Gasteiger charge is 2.25. The molecule has 0 aromatic heterocycles. The number of rotatable bonds is 7. The number of amides is 1. The second-order valence-corrected chi connectivity index (χ2v) is 9.26. The lowest BCUT2D eigenvalue weighted by Gasteiger charge is -2.29. The van der Waals surface area contributed by atoms with Crippen molar-refractivity contribution in [3.05, 3.63) is 57.6 Å². The van der Waals surface area contributed by atoms with Crippen molar-refractivity contribution in [2.75, 3.05) is 33.9 Å². The number of halogens is 1. The van der Waals surface area contributed by atoms with Crippen LogP contribution in [0.5, 0.6) is 5.75 Å². The van der Waals surface area contributed by atoms with Gasteiger partial charge in [-0.1, -0.05) is 6.07 Å². The second kappa shape index (κ2) is 9.25. The van der Waals surface area contributed by atoms with Crippen LogP contribution in [0.15, 0.2) is 45.8 Å². The summed E-state index contributed by atoms with van der Waals surface area (Å²) in [5, 5.41) is 0. The minimum absolute atomic E-state index is 0.0410. The third-order valence-corrected chi connectivity index (χ3v) is 6.94. The summed E-state index contributed by atoms with van der Waals surface area (Å²) in [6.07, 6.45) is 0.735. The summed E-state index contributed by atoms with van der Waals surface area (Å²) in [6, 6.07) is 10.3. The summed E-state index contributed by atoms with van der Waals surface area (Å²) in [4.78, 5) is 14.9. The van der Waals surface area contributed by atoms with Gasteiger partial charge in [-0.3, -0.25) is 4.79 Å². The highest BCUT2D eigenvalue weighted by atomic mass is 79.9. The van der Waals surface area contributed by atoms with Crippen molar-refractivity contribution < 1.29 is 22.7 Å². The molecule has 1 heterocycles. The molecule has 156 valence electrons. The summed E-state index contributed by atoms with van der Waals surface area (Å²) in [5.74, 6) is 0.522. The molecule has 0 radical (unpaired) electrons. The first-order chi connectivity index (χ1) is 13.9. The van der Waals surface area contributed by atoms with Crippen molar-refractivity contribution in [1.29, 1.82) is 0 Å². The van der Waals surface area contributed by atoms with Crippen LogP contribution in [-0.4, -0.2) is 53.1 Å². The monoisotopic (exact) mass is 482 g/mol. The zero-order valence-electron chi connectivity index (χ0n) is 16.3. The number of carbonyl (C=O) groups excluding carboxylic acids is 1. The van der Waals surface area contributed by atoms with Crippen molar-refractivity contribution in [2.45, 2.75) is 17.9 Å². The van der Waals surface area contributed by atoms with E-state index in [9.17, 15) is 13.2 Å². The minimum atomic E-state index is -3.73. The number of fused-ring (bicyclic) bond motifs is 1. The number of sulfonamides is 1. The standard InChI is InChI=1S/C20H23BrN2O5S/c1-27-10-8-22-29(25,26)17-5-6-19(21)18(12-17)20(24)23-9-7-14-3-4-16(28-2)11-15(14)13-23/h3-6,11-12,22H,7-10,13H2,1-2H3. The number of benzene rings is 2. The summed E-state index contributed by atoms with van der Waals surface area (Å²) in [5.41, 5.74) is 2.53. The van der Waals surface area contributed by atoms with Crippen LogP contribution in [0.1, 0.15) is 21.5 Å². The minimum Gasteiger partial charge on any atom is -0.497 e. The number of ether oxygens (including phenoxy) is 2. The van der Waals surface area contributed by atoms with Gasteiger partial charge in [-0.05, 0) is 63.8 Å². The summed E-state index contributed by atoms with van der Waals surface area (Å²) in [6.45, 7) is 1.43. The molecular formula is C20H23BrN2O5S. The Morgan fingerprint density at radius 1 is 1.17 bits per heavy atom. The van der Waals surface area contributed by atoms with Crippen molar-refractivity contribution in [2.24, 2.45) is 0 Å². The van der Waals surface area contributed by atoms with Crippen molar-refractivity contribution in [3.63, 3.8) is 0 Å². The predicted octanol–water partition coefficient (Wildman–Crippen LogP) is 2.58. The van der Waals surface area contributed by atoms with Crippen LogP contribution in [-0.2, 0) is 27.7 Å². The first-order valence-electron chi connectivity index (χ1n) is 9.09. The molecule has 2 aromatic carbocycles. The van der Waals surface area contributed by atoms with Crippen LogP contribution >= 0.6 is 15.9 Å². The highest BCUT2D eigenvalue weighted by molar-refractivity contribution is 9.10. The van der Waals surface area contributed by atoms with E-state index in [2.05, 4.69) is 20.7 Å². The Hall–Kier alpha value is -1.94. The Balaban J connectivity index is 1.84. The lowest BCUT2D eigenvalue weighted by molar-refractivity contribution is 0.0733. The van der Waals surface area contributed by atoms with Gasteiger partial charge in [0.05, 0.1) is 24.2 Å². The molecule has 2 aromatic rings. The zero-order valence-corrected chi connectivity index (χ0v) is 18.7. The van der Waals surface area contributed by atoms with Crippen molar-refractivity contribution >= 4 is 31.9 Å². The van der Waals surface area contributed by atoms with Crippen LogP contribution in [0, 0.1) is 0 Å². The lowest BCUT2D eigenvalue weighted by atomic mass is 9.99. The van der Waals surface area contributed by atoms with E-state index in [1.54, 1.807) is 18.1 Å². The van der Waals surface area contributed by atoms with Crippen LogP contribution in [0.4, 0.5) is 0 Å². The average molecular weight is 483 g/mol. The normalized spacial score (nSPS) is 13.8. The fourth-order valence-electron chi connectivity index (χ4n) is 3.20. The molecule has 7 nitrogen and oxygen atoms in total. The molecule has 0 bridgehead atoms. The van der Waals surface area contributed by atoms with Crippen molar-refractivity contribution in [3.8, 4) is 5.75 Å². The van der Waals surface area contributed by atoms with E-state index in [1.807, 2.05) is 18.2 Å². The number of carbonyl (C=O) groups is 1. The molecule has 9 heteroatoms. The smallest absolute Gasteiger partial charge is 0.255 e. The third kappa shape index (κ3) is 4.98. The van der Waals surface area contributed by atoms with Crippen LogP contribution in [0.25, 0.3) is 0 Å². The zero-order chi connectivity index (χ0) is 21.0. The molecule has 0 atom stereocenters. The maximum absolute atomic E-state index is 13.2. The van der Waals surface area contributed by atoms with Crippen LogP contribution < -0.4 is 9.46 Å². The van der Waals surface area contributed by atoms with E-state index in [1.165, 1.54) is 24.8 Å². The molecule has 0 spiro atoms. The van der Waals surface area contributed by atoms with E-state index in [0.717, 1.165) is 17.7 Å². The molecule has 1 N–H and O–H groups in total. The first kappa shape index (κ1) is 21.8. The molecule has 3 rings (SSSR count). The maximum atomic E-state index is 13.2. The SMILES string of the molecule is COCCNS(=O)(=O)c1ccc(Br)c(C(=O)N2CCc3ccc(OC)cc3C2)c1. The van der Waals surface area contributed by atoms with Gasteiger partial charge in [0.25, 0.3) is 5.91 Å². The molecule has 29 heavy (non-hydrogen) atoms. The molecule has 0 unspecified atom stereocenters. The molecular weight excluding hydrogens is 460 g/mol. The second-order valence-electron chi connectivity index (χ2n) is 6.64.